The molecule has 0 atom stereocenters. The number of isocyanates is 2. The van der Waals surface area contributed by atoms with Gasteiger partial charge >= 0.3 is 0 Å². The van der Waals surface area contributed by atoms with Crippen molar-refractivity contribution >= 4 is 12.2 Å². The maximum absolute atomic E-state index is 10.1. The summed E-state index contributed by atoms with van der Waals surface area (Å²) in [5, 5.41) is 0. The Morgan fingerprint density at radius 1 is 0.905 bits per heavy atom. The van der Waals surface area contributed by atoms with Crippen molar-refractivity contribution in [3.8, 4) is 0 Å². The molecule has 0 aromatic carbocycles. The average Bonchev–Trinajstić information content (AvgIpc) is 3.12. The summed E-state index contributed by atoms with van der Waals surface area (Å²) in [6.45, 7) is 4.22. The van der Waals surface area contributed by atoms with Gasteiger partial charge in [0, 0.05) is 0 Å². The molecule has 0 N–H and O–H groups in total. The Morgan fingerprint density at radius 3 is 1.71 bits per heavy atom. The van der Waals surface area contributed by atoms with Gasteiger partial charge in [-0.25, -0.2) is 9.59 Å². The summed E-state index contributed by atoms with van der Waals surface area (Å²) in [4.78, 5) is 27.2. The first-order valence-corrected chi connectivity index (χ1v) is 6.33. The molecule has 0 aliphatic rings. The molecule has 0 radical (unpaired) electrons. The predicted octanol–water partition coefficient (Wildman–Crippen LogP) is 2.87. The minimum absolute atomic E-state index is 0.164. The number of rotatable bonds is 6. The van der Waals surface area contributed by atoms with E-state index in [0.717, 1.165) is 0 Å². The number of aliphatic imine (C=N–C) groups is 2. The van der Waals surface area contributed by atoms with Gasteiger partial charge in [-0.05, 0) is 38.1 Å². The van der Waals surface area contributed by atoms with Crippen molar-refractivity contribution in [3.05, 3.63) is 47.3 Å². The highest BCUT2D eigenvalue weighted by Gasteiger charge is 2.30. The molecule has 0 spiro atoms. The van der Waals surface area contributed by atoms with E-state index in [9.17, 15) is 9.59 Å². The Kier molecular flexibility index (Phi) is 4.33. The summed E-state index contributed by atoms with van der Waals surface area (Å²) >= 11 is 0. The summed E-state index contributed by atoms with van der Waals surface area (Å²) in [5.41, 5.74) is -0.494. The van der Waals surface area contributed by atoms with Gasteiger partial charge in [-0.15, -0.1) is 0 Å². The summed E-state index contributed by atoms with van der Waals surface area (Å²) in [5.74, 6) is 2.55. The standard InChI is InChI=1S/C15H14N2O4/c1-15(2,13-5-3-11(20-13)7-16-9-18)14-6-4-12(21-14)8-17-10-19/h3-6H,7-8H2,1-2H3. The van der Waals surface area contributed by atoms with Gasteiger partial charge in [0.05, 0.1) is 5.41 Å². The lowest BCUT2D eigenvalue weighted by Gasteiger charge is -2.19. The van der Waals surface area contributed by atoms with E-state index in [1.165, 1.54) is 12.2 Å². The topological polar surface area (TPSA) is 85.1 Å². The van der Waals surface area contributed by atoms with Crippen molar-refractivity contribution in [2.75, 3.05) is 0 Å². The Morgan fingerprint density at radius 2 is 1.33 bits per heavy atom. The SMILES string of the molecule is CC(C)(c1ccc(CN=C=O)o1)c1ccc(CN=C=O)o1. The molecule has 0 saturated heterocycles. The van der Waals surface area contributed by atoms with Crippen molar-refractivity contribution in [2.45, 2.75) is 32.4 Å². The van der Waals surface area contributed by atoms with Crippen LogP contribution in [0.4, 0.5) is 0 Å². The Bertz CT molecular complexity index is 653. The van der Waals surface area contributed by atoms with E-state index in [2.05, 4.69) is 9.98 Å². The van der Waals surface area contributed by atoms with Crippen molar-refractivity contribution in [3.63, 3.8) is 0 Å². The molecule has 21 heavy (non-hydrogen) atoms. The fourth-order valence-corrected chi connectivity index (χ4v) is 1.94. The lowest BCUT2D eigenvalue weighted by Crippen LogP contribution is -2.17. The van der Waals surface area contributed by atoms with E-state index in [0.29, 0.717) is 23.0 Å². The van der Waals surface area contributed by atoms with Crippen LogP contribution in [0, 0.1) is 0 Å². The molecule has 0 bridgehead atoms. The van der Waals surface area contributed by atoms with E-state index in [1.807, 2.05) is 26.0 Å². The monoisotopic (exact) mass is 286 g/mol. The highest BCUT2D eigenvalue weighted by molar-refractivity contribution is 5.34. The fraction of sp³-hybridized carbons (Fsp3) is 0.333. The normalized spacial score (nSPS) is 10.8. The van der Waals surface area contributed by atoms with Crippen LogP contribution in [0.25, 0.3) is 0 Å². The molecule has 0 aliphatic carbocycles. The molecule has 6 heteroatoms. The lowest BCUT2D eigenvalue weighted by atomic mass is 9.87. The van der Waals surface area contributed by atoms with Gasteiger partial charge in [0.25, 0.3) is 0 Å². The van der Waals surface area contributed by atoms with Crippen molar-refractivity contribution < 1.29 is 18.4 Å². The van der Waals surface area contributed by atoms with Crippen LogP contribution < -0.4 is 0 Å². The molecule has 2 aromatic rings. The number of hydrogen-bond donors (Lipinski definition) is 0. The summed E-state index contributed by atoms with van der Waals surface area (Å²) in [6.07, 6.45) is 2.95. The van der Waals surface area contributed by atoms with Crippen LogP contribution >= 0.6 is 0 Å². The van der Waals surface area contributed by atoms with E-state index in [1.54, 1.807) is 12.1 Å². The predicted molar refractivity (Wildman–Crippen MR) is 73.2 cm³/mol. The van der Waals surface area contributed by atoms with Crippen molar-refractivity contribution in [2.24, 2.45) is 9.98 Å². The molecular weight excluding hydrogens is 272 g/mol. The minimum atomic E-state index is -0.494. The van der Waals surface area contributed by atoms with Gasteiger partial charge in [-0.1, -0.05) is 0 Å². The number of furan rings is 2. The molecule has 0 amide bonds. The van der Waals surface area contributed by atoms with E-state index in [-0.39, 0.29) is 13.1 Å². The zero-order valence-electron chi connectivity index (χ0n) is 11.8. The van der Waals surface area contributed by atoms with Gasteiger partial charge in [0.15, 0.2) is 0 Å². The van der Waals surface area contributed by atoms with Crippen LogP contribution in [0.1, 0.15) is 36.9 Å². The van der Waals surface area contributed by atoms with Crippen LogP contribution in [0.5, 0.6) is 0 Å². The molecule has 6 nitrogen and oxygen atoms in total. The third kappa shape index (κ3) is 3.26. The Balaban J connectivity index is 2.23. The van der Waals surface area contributed by atoms with Gasteiger partial charge in [-0.3, -0.25) is 0 Å². The molecule has 2 aromatic heterocycles. The molecule has 0 unspecified atom stereocenters. The van der Waals surface area contributed by atoms with Crippen LogP contribution in [0.3, 0.4) is 0 Å². The van der Waals surface area contributed by atoms with Gasteiger partial charge in [0.1, 0.15) is 36.1 Å². The average molecular weight is 286 g/mol. The maximum atomic E-state index is 10.1. The lowest BCUT2D eigenvalue weighted by molar-refractivity contribution is 0.343. The number of nitrogens with zero attached hydrogens (tertiary/aromatic N) is 2. The third-order valence-corrected chi connectivity index (χ3v) is 3.15. The highest BCUT2D eigenvalue weighted by Crippen LogP contribution is 2.34. The summed E-state index contributed by atoms with van der Waals surface area (Å²) < 4.78 is 11.4. The van der Waals surface area contributed by atoms with Gasteiger partial charge in [-0.2, -0.15) is 9.98 Å². The van der Waals surface area contributed by atoms with Crippen molar-refractivity contribution in [1.82, 2.24) is 0 Å². The largest absolute Gasteiger partial charge is 0.463 e. The molecule has 2 heterocycles. The van der Waals surface area contributed by atoms with Crippen LogP contribution in [-0.4, -0.2) is 12.2 Å². The second-order valence-corrected chi connectivity index (χ2v) is 4.97. The zero-order chi connectivity index (χ0) is 15.3. The highest BCUT2D eigenvalue weighted by atomic mass is 16.4. The first kappa shape index (κ1) is 14.7. The molecule has 108 valence electrons. The fourth-order valence-electron chi connectivity index (χ4n) is 1.94. The quantitative estimate of drug-likeness (QED) is 0.603. The zero-order valence-corrected chi connectivity index (χ0v) is 11.8. The van der Waals surface area contributed by atoms with E-state index < -0.39 is 5.41 Å². The molecular formula is C15H14N2O4. The maximum Gasteiger partial charge on any atom is 0.235 e. The van der Waals surface area contributed by atoms with Crippen LogP contribution in [-0.2, 0) is 28.1 Å². The van der Waals surface area contributed by atoms with Gasteiger partial charge < -0.3 is 8.83 Å². The first-order valence-electron chi connectivity index (χ1n) is 6.33. The van der Waals surface area contributed by atoms with Crippen LogP contribution in [0.2, 0.25) is 0 Å². The Labute approximate surface area is 121 Å². The number of carbonyl (C=O) groups excluding carboxylic acids is 2. The van der Waals surface area contributed by atoms with Crippen molar-refractivity contribution in [1.29, 1.82) is 0 Å². The van der Waals surface area contributed by atoms with Gasteiger partial charge in [0.2, 0.25) is 12.2 Å². The minimum Gasteiger partial charge on any atom is -0.463 e. The first-order chi connectivity index (χ1) is 10.1. The van der Waals surface area contributed by atoms with E-state index >= 15 is 0 Å². The second-order valence-electron chi connectivity index (χ2n) is 4.97. The smallest absolute Gasteiger partial charge is 0.235 e. The second kappa shape index (κ2) is 6.18. The van der Waals surface area contributed by atoms with Crippen LogP contribution in [0.15, 0.2) is 43.1 Å². The molecule has 2 rings (SSSR count). The molecule has 0 aliphatic heterocycles. The summed E-state index contributed by atoms with van der Waals surface area (Å²) in [6, 6.07) is 7.17. The Hall–Kier alpha value is -2.68. The molecule has 0 fully saturated rings. The van der Waals surface area contributed by atoms with E-state index in [4.69, 9.17) is 8.83 Å². The summed E-state index contributed by atoms with van der Waals surface area (Å²) in [7, 11) is 0. The third-order valence-electron chi connectivity index (χ3n) is 3.15. The number of hydrogen-bond acceptors (Lipinski definition) is 6. The molecule has 0 saturated carbocycles.